The van der Waals surface area contributed by atoms with E-state index in [2.05, 4.69) is 23.8 Å². The van der Waals surface area contributed by atoms with Gasteiger partial charge in [-0.2, -0.15) is 0 Å². The molecule has 0 saturated carbocycles. The van der Waals surface area contributed by atoms with Crippen molar-refractivity contribution in [2.75, 3.05) is 24.6 Å². The second kappa shape index (κ2) is 5.18. The predicted molar refractivity (Wildman–Crippen MR) is 68.2 cm³/mol. The van der Waals surface area contributed by atoms with Crippen molar-refractivity contribution < 1.29 is 9.13 Å². The smallest absolute Gasteiger partial charge is 0.187 e. The molecule has 0 amide bonds. The lowest BCUT2D eigenvalue weighted by molar-refractivity contribution is -0.0444. The Morgan fingerprint density at radius 2 is 2.22 bits per heavy atom. The molecule has 18 heavy (non-hydrogen) atoms. The number of ether oxygens (including phenoxy) is 1. The monoisotopic (exact) mass is 253 g/mol. The minimum atomic E-state index is -0.291. The first kappa shape index (κ1) is 13.2. The fourth-order valence-corrected chi connectivity index (χ4v) is 2.19. The number of aryl methyl sites for hydroxylation is 1. The first-order chi connectivity index (χ1) is 8.59. The van der Waals surface area contributed by atoms with Gasteiger partial charge in [0.05, 0.1) is 17.9 Å². The lowest BCUT2D eigenvalue weighted by Crippen LogP contribution is -2.50. The van der Waals surface area contributed by atoms with Gasteiger partial charge >= 0.3 is 0 Å². The van der Waals surface area contributed by atoms with Gasteiger partial charge in [0.2, 0.25) is 0 Å². The summed E-state index contributed by atoms with van der Waals surface area (Å²) in [5, 5.41) is 0. The maximum Gasteiger partial charge on any atom is 0.187 e. The van der Waals surface area contributed by atoms with Crippen molar-refractivity contribution in [1.29, 1.82) is 0 Å². The molecule has 1 aromatic heterocycles. The van der Waals surface area contributed by atoms with Gasteiger partial charge in [0, 0.05) is 13.1 Å². The van der Waals surface area contributed by atoms with Gasteiger partial charge < -0.3 is 9.64 Å². The SMILES string of the molecule is CCc1ncnc(N2CCOC(C)(CC)C2)c1F. The van der Waals surface area contributed by atoms with Crippen LogP contribution in [0.25, 0.3) is 0 Å². The van der Waals surface area contributed by atoms with E-state index in [1.165, 1.54) is 6.33 Å². The lowest BCUT2D eigenvalue weighted by atomic mass is 10.0. The number of aromatic nitrogens is 2. The zero-order valence-corrected chi connectivity index (χ0v) is 11.2. The van der Waals surface area contributed by atoms with Gasteiger partial charge in [-0.3, -0.25) is 0 Å². The highest BCUT2D eigenvalue weighted by molar-refractivity contribution is 5.42. The van der Waals surface area contributed by atoms with Crippen molar-refractivity contribution in [3.63, 3.8) is 0 Å². The molecule has 1 aliphatic heterocycles. The van der Waals surface area contributed by atoms with E-state index < -0.39 is 0 Å². The van der Waals surface area contributed by atoms with E-state index in [1.54, 1.807) is 0 Å². The van der Waals surface area contributed by atoms with Gasteiger partial charge in [0.15, 0.2) is 11.6 Å². The minimum Gasteiger partial charge on any atom is -0.372 e. The second-order valence-corrected chi connectivity index (χ2v) is 4.88. The van der Waals surface area contributed by atoms with Crippen LogP contribution in [0.5, 0.6) is 0 Å². The summed E-state index contributed by atoms with van der Waals surface area (Å²) in [5.41, 5.74) is 0.256. The van der Waals surface area contributed by atoms with Crippen LogP contribution in [-0.4, -0.2) is 35.3 Å². The number of rotatable bonds is 3. The van der Waals surface area contributed by atoms with Crippen molar-refractivity contribution in [2.24, 2.45) is 0 Å². The zero-order valence-electron chi connectivity index (χ0n) is 11.2. The maximum absolute atomic E-state index is 14.2. The fraction of sp³-hybridized carbons (Fsp3) is 0.692. The molecular weight excluding hydrogens is 233 g/mol. The highest BCUT2D eigenvalue weighted by Gasteiger charge is 2.32. The summed E-state index contributed by atoms with van der Waals surface area (Å²) in [4.78, 5) is 10.0. The summed E-state index contributed by atoms with van der Waals surface area (Å²) >= 11 is 0. The number of halogens is 1. The molecule has 1 fully saturated rings. The molecule has 0 N–H and O–H groups in total. The molecular formula is C13H20FN3O. The van der Waals surface area contributed by atoms with Gasteiger partial charge in [-0.25, -0.2) is 14.4 Å². The van der Waals surface area contributed by atoms with E-state index in [1.807, 2.05) is 11.8 Å². The average Bonchev–Trinajstić information content (AvgIpc) is 2.39. The van der Waals surface area contributed by atoms with E-state index in [0.717, 1.165) is 6.42 Å². The molecule has 1 aromatic rings. The third kappa shape index (κ3) is 2.46. The molecule has 2 rings (SSSR count). The molecule has 5 heteroatoms. The summed E-state index contributed by atoms with van der Waals surface area (Å²) in [6.07, 6.45) is 2.92. The summed E-state index contributed by atoms with van der Waals surface area (Å²) in [6, 6.07) is 0. The Morgan fingerprint density at radius 3 is 2.89 bits per heavy atom. The largest absolute Gasteiger partial charge is 0.372 e. The molecule has 1 unspecified atom stereocenters. The van der Waals surface area contributed by atoms with Crippen LogP contribution in [0.15, 0.2) is 6.33 Å². The molecule has 2 heterocycles. The van der Waals surface area contributed by atoms with E-state index in [9.17, 15) is 4.39 Å². The molecule has 0 aromatic carbocycles. The third-order valence-electron chi connectivity index (χ3n) is 3.56. The van der Waals surface area contributed by atoms with Gasteiger partial charge in [0.1, 0.15) is 6.33 Å². The number of nitrogens with zero attached hydrogens (tertiary/aromatic N) is 3. The van der Waals surface area contributed by atoms with Crippen molar-refractivity contribution >= 4 is 5.82 Å². The van der Waals surface area contributed by atoms with E-state index >= 15 is 0 Å². The number of morpholine rings is 1. The lowest BCUT2D eigenvalue weighted by Gasteiger charge is -2.40. The van der Waals surface area contributed by atoms with Crippen molar-refractivity contribution in [3.05, 3.63) is 17.8 Å². The standard InChI is InChI=1S/C13H20FN3O/c1-4-10-11(14)12(16-9-15-10)17-6-7-18-13(3,5-2)8-17/h9H,4-8H2,1-3H3. The van der Waals surface area contributed by atoms with Gasteiger partial charge in [-0.15, -0.1) is 0 Å². The molecule has 1 aliphatic rings. The Hall–Kier alpha value is -1.23. The van der Waals surface area contributed by atoms with Crippen LogP contribution in [0.3, 0.4) is 0 Å². The number of anilines is 1. The van der Waals surface area contributed by atoms with Crippen LogP contribution in [0.1, 0.15) is 32.9 Å². The fourth-order valence-electron chi connectivity index (χ4n) is 2.19. The topological polar surface area (TPSA) is 38.2 Å². The predicted octanol–water partition coefficient (Wildman–Crippen LogP) is 2.18. The first-order valence-corrected chi connectivity index (χ1v) is 6.48. The van der Waals surface area contributed by atoms with Crippen LogP contribution >= 0.6 is 0 Å². The molecule has 1 saturated heterocycles. The molecule has 0 radical (unpaired) electrons. The Balaban J connectivity index is 2.26. The van der Waals surface area contributed by atoms with Crippen molar-refractivity contribution in [1.82, 2.24) is 9.97 Å². The minimum absolute atomic E-state index is 0.220. The number of hydrogen-bond donors (Lipinski definition) is 0. The maximum atomic E-state index is 14.2. The first-order valence-electron chi connectivity index (χ1n) is 6.48. The van der Waals surface area contributed by atoms with E-state index in [0.29, 0.717) is 37.6 Å². The number of hydrogen-bond acceptors (Lipinski definition) is 4. The van der Waals surface area contributed by atoms with Crippen molar-refractivity contribution in [2.45, 2.75) is 39.2 Å². The summed E-state index contributed by atoms with van der Waals surface area (Å²) in [7, 11) is 0. The Labute approximate surface area is 107 Å². The Bertz CT molecular complexity index is 427. The summed E-state index contributed by atoms with van der Waals surface area (Å²) < 4.78 is 20.0. The second-order valence-electron chi connectivity index (χ2n) is 4.88. The Morgan fingerprint density at radius 1 is 1.44 bits per heavy atom. The van der Waals surface area contributed by atoms with E-state index in [4.69, 9.17) is 4.74 Å². The quantitative estimate of drug-likeness (QED) is 0.827. The molecule has 1 atom stereocenters. The van der Waals surface area contributed by atoms with Crippen LogP contribution in [-0.2, 0) is 11.2 Å². The zero-order chi connectivity index (χ0) is 13.2. The van der Waals surface area contributed by atoms with Crippen LogP contribution in [0.4, 0.5) is 10.2 Å². The van der Waals surface area contributed by atoms with Gasteiger partial charge in [-0.05, 0) is 19.8 Å². The highest BCUT2D eigenvalue weighted by atomic mass is 19.1. The molecule has 0 bridgehead atoms. The van der Waals surface area contributed by atoms with Crippen molar-refractivity contribution in [3.8, 4) is 0 Å². The average molecular weight is 253 g/mol. The Kier molecular flexibility index (Phi) is 3.80. The highest BCUT2D eigenvalue weighted by Crippen LogP contribution is 2.26. The normalized spacial score (nSPS) is 24.3. The summed E-state index contributed by atoms with van der Waals surface area (Å²) in [5.74, 6) is 0.116. The van der Waals surface area contributed by atoms with Crippen LogP contribution in [0.2, 0.25) is 0 Å². The molecule has 4 nitrogen and oxygen atoms in total. The van der Waals surface area contributed by atoms with E-state index in [-0.39, 0.29) is 11.4 Å². The van der Waals surface area contributed by atoms with Crippen LogP contribution in [0, 0.1) is 5.82 Å². The molecule has 0 spiro atoms. The van der Waals surface area contributed by atoms with Gasteiger partial charge in [-0.1, -0.05) is 13.8 Å². The summed E-state index contributed by atoms with van der Waals surface area (Å²) in [6.45, 7) is 7.98. The third-order valence-corrected chi connectivity index (χ3v) is 3.56. The molecule has 0 aliphatic carbocycles. The van der Waals surface area contributed by atoms with Crippen LogP contribution < -0.4 is 4.90 Å². The van der Waals surface area contributed by atoms with Gasteiger partial charge in [0.25, 0.3) is 0 Å². The molecule has 100 valence electrons.